The standard InChI is InChI=1S/C23H28ClN3O2/c1-16-2-6-18(7-3-16)21(28)27-11-10-23(15-27)12-20(13-23)26-22(29)25-14-17-4-8-19(24)9-5-17/h2-9,20,22,25-26,29H,10-15H2,1H3. The molecule has 1 aliphatic heterocycles. The van der Waals surface area contributed by atoms with E-state index in [1.165, 1.54) is 0 Å². The molecule has 6 heteroatoms. The second-order valence-corrected chi connectivity index (χ2v) is 8.96. The van der Waals surface area contributed by atoms with Crippen molar-refractivity contribution in [3.8, 4) is 0 Å². The number of halogens is 1. The lowest BCUT2D eigenvalue weighted by atomic mass is 9.65. The lowest BCUT2D eigenvalue weighted by Crippen LogP contribution is -2.56. The van der Waals surface area contributed by atoms with E-state index < -0.39 is 6.35 Å². The van der Waals surface area contributed by atoms with Crippen molar-refractivity contribution in [3.63, 3.8) is 0 Å². The number of hydrogen-bond acceptors (Lipinski definition) is 4. The predicted molar refractivity (Wildman–Crippen MR) is 115 cm³/mol. The number of carbonyl (C=O) groups excluding carboxylic acids is 1. The van der Waals surface area contributed by atoms with E-state index in [0.29, 0.717) is 11.6 Å². The molecule has 4 rings (SSSR count). The maximum Gasteiger partial charge on any atom is 0.253 e. The highest BCUT2D eigenvalue weighted by Crippen LogP contribution is 2.48. The number of hydrogen-bond donors (Lipinski definition) is 3. The molecule has 2 aromatic carbocycles. The topological polar surface area (TPSA) is 64.6 Å². The second-order valence-electron chi connectivity index (χ2n) is 8.52. The van der Waals surface area contributed by atoms with Crippen LogP contribution in [0, 0.1) is 12.3 Å². The van der Waals surface area contributed by atoms with Gasteiger partial charge >= 0.3 is 0 Å². The highest BCUT2D eigenvalue weighted by Gasteiger charge is 2.49. The molecule has 1 aliphatic carbocycles. The highest BCUT2D eigenvalue weighted by molar-refractivity contribution is 6.30. The van der Waals surface area contributed by atoms with Gasteiger partial charge in [0.05, 0.1) is 0 Å². The van der Waals surface area contributed by atoms with Crippen LogP contribution in [0.15, 0.2) is 48.5 Å². The van der Waals surface area contributed by atoms with Crippen LogP contribution in [0.25, 0.3) is 0 Å². The zero-order valence-corrected chi connectivity index (χ0v) is 17.5. The van der Waals surface area contributed by atoms with Gasteiger partial charge < -0.3 is 10.0 Å². The van der Waals surface area contributed by atoms with Crippen LogP contribution in [-0.4, -0.2) is 41.4 Å². The van der Waals surface area contributed by atoms with Crippen LogP contribution in [0.2, 0.25) is 5.02 Å². The van der Waals surface area contributed by atoms with Crippen molar-refractivity contribution >= 4 is 17.5 Å². The number of nitrogens with zero attached hydrogens (tertiary/aromatic N) is 1. The summed E-state index contributed by atoms with van der Waals surface area (Å²) < 4.78 is 0. The Morgan fingerprint density at radius 2 is 1.90 bits per heavy atom. The zero-order valence-electron chi connectivity index (χ0n) is 16.7. The minimum absolute atomic E-state index is 0.128. The lowest BCUT2D eigenvalue weighted by molar-refractivity contribution is 0.0204. The van der Waals surface area contributed by atoms with E-state index in [2.05, 4.69) is 10.6 Å². The summed E-state index contributed by atoms with van der Waals surface area (Å²) in [4.78, 5) is 14.7. The molecule has 1 unspecified atom stereocenters. The van der Waals surface area contributed by atoms with Crippen molar-refractivity contribution in [2.75, 3.05) is 13.1 Å². The van der Waals surface area contributed by atoms with Gasteiger partial charge in [0, 0.05) is 36.3 Å². The van der Waals surface area contributed by atoms with Gasteiger partial charge in [-0.1, -0.05) is 41.4 Å². The van der Waals surface area contributed by atoms with E-state index >= 15 is 0 Å². The van der Waals surface area contributed by atoms with Gasteiger partial charge in [-0.2, -0.15) is 0 Å². The van der Waals surface area contributed by atoms with E-state index in [1.807, 2.05) is 60.4 Å². The number of aryl methyl sites for hydroxylation is 1. The number of rotatable bonds is 6. The van der Waals surface area contributed by atoms with Crippen LogP contribution in [0.3, 0.4) is 0 Å². The molecule has 154 valence electrons. The van der Waals surface area contributed by atoms with Crippen molar-refractivity contribution in [3.05, 3.63) is 70.2 Å². The first kappa shape index (κ1) is 20.4. The van der Waals surface area contributed by atoms with Gasteiger partial charge in [-0.3, -0.25) is 15.4 Å². The molecule has 3 N–H and O–H groups in total. The molecule has 1 saturated carbocycles. The summed E-state index contributed by atoms with van der Waals surface area (Å²) in [7, 11) is 0. The third kappa shape index (κ3) is 4.81. The summed E-state index contributed by atoms with van der Waals surface area (Å²) in [6.07, 6.45) is 2.27. The van der Waals surface area contributed by atoms with Crippen molar-refractivity contribution in [1.29, 1.82) is 0 Å². The molecule has 0 bridgehead atoms. The Kier molecular flexibility index (Phi) is 5.93. The Balaban J connectivity index is 1.21. The smallest absolute Gasteiger partial charge is 0.253 e. The van der Waals surface area contributed by atoms with E-state index in [0.717, 1.165) is 49.0 Å². The fourth-order valence-electron chi connectivity index (χ4n) is 4.52. The molecule has 29 heavy (non-hydrogen) atoms. The van der Waals surface area contributed by atoms with E-state index in [-0.39, 0.29) is 17.4 Å². The van der Waals surface area contributed by atoms with Crippen LogP contribution >= 0.6 is 11.6 Å². The molecule has 0 aromatic heterocycles. The van der Waals surface area contributed by atoms with E-state index in [9.17, 15) is 9.90 Å². The maximum atomic E-state index is 12.7. The number of aliphatic hydroxyl groups is 1. The minimum atomic E-state index is -0.750. The van der Waals surface area contributed by atoms with Crippen LogP contribution in [-0.2, 0) is 6.54 Å². The lowest BCUT2D eigenvalue weighted by Gasteiger charge is -2.46. The maximum absolute atomic E-state index is 12.7. The minimum Gasteiger partial charge on any atom is -0.365 e. The van der Waals surface area contributed by atoms with Crippen LogP contribution in [0.5, 0.6) is 0 Å². The summed E-state index contributed by atoms with van der Waals surface area (Å²) in [5.74, 6) is 0.128. The largest absolute Gasteiger partial charge is 0.365 e. The van der Waals surface area contributed by atoms with Gasteiger partial charge in [-0.15, -0.1) is 0 Å². The van der Waals surface area contributed by atoms with Crippen molar-refractivity contribution in [2.24, 2.45) is 5.41 Å². The first-order valence-electron chi connectivity index (χ1n) is 10.2. The average molecular weight is 414 g/mol. The monoisotopic (exact) mass is 413 g/mol. The van der Waals surface area contributed by atoms with Gasteiger partial charge in [0.1, 0.15) is 0 Å². The van der Waals surface area contributed by atoms with Crippen molar-refractivity contribution in [2.45, 2.75) is 45.1 Å². The van der Waals surface area contributed by atoms with Gasteiger partial charge in [-0.25, -0.2) is 0 Å². The molecule has 1 amide bonds. The Morgan fingerprint density at radius 3 is 2.59 bits per heavy atom. The van der Waals surface area contributed by atoms with Gasteiger partial charge in [0.25, 0.3) is 5.91 Å². The quantitative estimate of drug-likeness (QED) is 0.636. The molecular formula is C23H28ClN3O2. The SMILES string of the molecule is Cc1ccc(C(=O)N2CCC3(CC(NC(O)NCc4ccc(Cl)cc4)C3)C2)cc1. The third-order valence-electron chi connectivity index (χ3n) is 6.19. The van der Waals surface area contributed by atoms with Crippen LogP contribution in [0.1, 0.15) is 40.7 Å². The van der Waals surface area contributed by atoms with Gasteiger partial charge in [0.2, 0.25) is 0 Å². The Hall–Kier alpha value is -1.92. The molecule has 1 heterocycles. The molecule has 0 radical (unpaired) electrons. The molecule has 1 saturated heterocycles. The molecule has 2 aliphatic rings. The molecule has 2 fully saturated rings. The highest BCUT2D eigenvalue weighted by atomic mass is 35.5. The van der Waals surface area contributed by atoms with E-state index in [1.54, 1.807) is 0 Å². The van der Waals surface area contributed by atoms with Gasteiger partial charge in [-0.05, 0) is 61.4 Å². The Bertz CT molecular complexity index is 847. The van der Waals surface area contributed by atoms with Crippen molar-refractivity contribution in [1.82, 2.24) is 15.5 Å². The average Bonchev–Trinajstić information content (AvgIpc) is 3.13. The second kappa shape index (κ2) is 8.44. The number of benzene rings is 2. The molecular weight excluding hydrogens is 386 g/mol. The molecule has 1 spiro atoms. The van der Waals surface area contributed by atoms with Crippen LogP contribution in [0.4, 0.5) is 0 Å². The number of aliphatic hydroxyl groups excluding tert-OH is 1. The molecule has 1 atom stereocenters. The summed E-state index contributed by atoms with van der Waals surface area (Å²) in [6.45, 7) is 4.23. The number of carbonyl (C=O) groups is 1. The third-order valence-corrected chi connectivity index (χ3v) is 6.44. The number of likely N-dealkylation sites (tertiary alicyclic amines) is 1. The summed E-state index contributed by atoms with van der Waals surface area (Å²) >= 11 is 5.89. The van der Waals surface area contributed by atoms with Gasteiger partial charge in [0.15, 0.2) is 6.35 Å². The Labute approximate surface area is 177 Å². The predicted octanol–water partition coefficient (Wildman–Crippen LogP) is 3.30. The first-order valence-corrected chi connectivity index (χ1v) is 10.6. The molecule has 2 aromatic rings. The summed E-state index contributed by atoms with van der Waals surface area (Å²) in [5.41, 5.74) is 3.20. The molecule has 5 nitrogen and oxygen atoms in total. The van der Waals surface area contributed by atoms with Crippen molar-refractivity contribution < 1.29 is 9.90 Å². The summed E-state index contributed by atoms with van der Waals surface area (Å²) in [5, 5.41) is 17.3. The Morgan fingerprint density at radius 1 is 1.21 bits per heavy atom. The summed E-state index contributed by atoms with van der Waals surface area (Å²) in [6, 6.07) is 15.7. The zero-order chi connectivity index (χ0) is 20.4. The number of nitrogens with one attached hydrogen (secondary N) is 2. The van der Waals surface area contributed by atoms with E-state index in [4.69, 9.17) is 11.6 Å². The normalized spacial score (nSPS) is 24.5. The fraction of sp³-hybridized carbons (Fsp3) is 0.435. The first-order chi connectivity index (χ1) is 13.9. The fourth-order valence-corrected chi connectivity index (χ4v) is 4.65. The van der Waals surface area contributed by atoms with Crippen LogP contribution < -0.4 is 10.6 Å². The number of amides is 1.